The maximum absolute atomic E-state index is 5.29. The molecule has 5 nitrogen and oxygen atoms in total. The van der Waals surface area contributed by atoms with Gasteiger partial charge < -0.3 is 10.1 Å². The van der Waals surface area contributed by atoms with Crippen molar-refractivity contribution in [2.75, 3.05) is 18.5 Å². The number of para-hydroxylation sites is 1. The second kappa shape index (κ2) is 5.85. The van der Waals surface area contributed by atoms with E-state index in [1.54, 1.807) is 11.0 Å². The van der Waals surface area contributed by atoms with Gasteiger partial charge in [-0.05, 0) is 42.3 Å². The van der Waals surface area contributed by atoms with Gasteiger partial charge in [0.15, 0.2) is 0 Å². The van der Waals surface area contributed by atoms with Gasteiger partial charge in [0.25, 0.3) is 0 Å². The van der Waals surface area contributed by atoms with Crippen LogP contribution in [0.25, 0.3) is 5.69 Å². The molecule has 23 heavy (non-hydrogen) atoms. The van der Waals surface area contributed by atoms with Gasteiger partial charge in [0, 0.05) is 11.6 Å². The minimum Gasteiger partial charge on any atom is -0.380 e. The topological polar surface area (TPSA) is 52.0 Å². The van der Waals surface area contributed by atoms with Crippen LogP contribution in [-0.4, -0.2) is 28.0 Å². The van der Waals surface area contributed by atoms with Crippen LogP contribution in [0.1, 0.15) is 17.0 Å². The summed E-state index contributed by atoms with van der Waals surface area (Å²) in [4.78, 5) is 4.34. The average molecular weight is 306 g/mol. The third-order valence-corrected chi connectivity index (χ3v) is 3.98. The monoisotopic (exact) mass is 306 g/mol. The van der Waals surface area contributed by atoms with Crippen LogP contribution in [0.5, 0.6) is 0 Å². The first-order chi connectivity index (χ1) is 11.3. The van der Waals surface area contributed by atoms with Crippen molar-refractivity contribution >= 4 is 11.6 Å². The fraction of sp³-hybridized carbons (Fsp3) is 0.222. The zero-order valence-corrected chi connectivity index (χ0v) is 12.9. The molecule has 0 spiro atoms. The second-order valence-electron chi connectivity index (χ2n) is 5.84. The van der Waals surface area contributed by atoms with Gasteiger partial charge in [0.2, 0.25) is 5.95 Å². The molecule has 2 aromatic carbocycles. The molecule has 1 aromatic heterocycles. The van der Waals surface area contributed by atoms with E-state index >= 15 is 0 Å². The molecule has 1 aliphatic heterocycles. The smallest absolute Gasteiger partial charge is 0.246 e. The minimum atomic E-state index is 0.505. The Balaban J connectivity index is 1.56. The Kier molecular flexibility index (Phi) is 3.55. The Morgan fingerprint density at radius 1 is 1.13 bits per heavy atom. The molecule has 0 amide bonds. The Bertz CT molecular complexity index is 809. The maximum atomic E-state index is 5.29. The third kappa shape index (κ3) is 2.96. The fourth-order valence-corrected chi connectivity index (χ4v) is 2.70. The molecule has 3 aromatic rings. The van der Waals surface area contributed by atoms with E-state index in [2.05, 4.69) is 40.5 Å². The van der Waals surface area contributed by atoms with Crippen LogP contribution in [0.2, 0.25) is 0 Å². The summed E-state index contributed by atoms with van der Waals surface area (Å²) in [6, 6.07) is 16.4. The highest BCUT2D eigenvalue weighted by Crippen LogP contribution is 2.28. The van der Waals surface area contributed by atoms with Crippen LogP contribution in [-0.2, 0) is 4.74 Å². The van der Waals surface area contributed by atoms with Crippen LogP contribution in [0.15, 0.2) is 54.9 Å². The molecule has 0 atom stereocenters. The lowest BCUT2D eigenvalue weighted by Gasteiger charge is -2.27. The summed E-state index contributed by atoms with van der Waals surface area (Å²) in [6.07, 6.45) is 1.72. The predicted molar refractivity (Wildman–Crippen MR) is 89.4 cm³/mol. The molecule has 0 unspecified atom stereocenters. The standard InChI is InChI=1S/C18H18N4O/c1-13-7-14(15-10-23-11-15)9-16(8-13)20-18-19-12-22(21-18)17-5-3-2-4-6-17/h2-9,12,15H,10-11H2,1H3,(H,20,21). The first kappa shape index (κ1) is 14.0. The Labute approximate surface area is 134 Å². The van der Waals surface area contributed by atoms with E-state index in [0.29, 0.717) is 11.9 Å². The van der Waals surface area contributed by atoms with Crippen LogP contribution in [0, 0.1) is 6.92 Å². The Hall–Kier alpha value is -2.66. The lowest BCUT2D eigenvalue weighted by Crippen LogP contribution is -2.25. The van der Waals surface area contributed by atoms with Crippen molar-refractivity contribution in [2.24, 2.45) is 0 Å². The molecule has 1 saturated heterocycles. The van der Waals surface area contributed by atoms with Crippen LogP contribution in [0.3, 0.4) is 0 Å². The van der Waals surface area contributed by atoms with E-state index in [0.717, 1.165) is 24.6 Å². The second-order valence-corrected chi connectivity index (χ2v) is 5.84. The lowest BCUT2D eigenvalue weighted by molar-refractivity contribution is 0.00843. The van der Waals surface area contributed by atoms with Crippen LogP contribution in [0.4, 0.5) is 11.6 Å². The molecule has 2 heterocycles. The molecule has 0 saturated carbocycles. The number of anilines is 2. The average Bonchev–Trinajstić information content (AvgIpc) is 2.94. The van der Waals surface area contributed by atoms with Gasteiger partial charge in [-0.2, -0.15) is 4.98 Å². The van der Waals surface area contributed by atoms with Gasteiger partial charge in [-0.15, -0.1) is 5.10 Å². The molecule has 0 aliphatic carbocycles. The molecule has 4 rings (SSSR count). The predicted octanol–water partition coefficient (Wildman–Crippen LogP) is 3.43. The molecule has 5 heteroatoms. The number of benzene rings is 2. The summed E-state index contributed by atoms with van der Waals surface area (Å²) in [7, 11) is 0. The number of rotatable bonds is 4. The van der Waals surface area contributed by atoms with E-state index in [9.17, 15) is 0 Å². The number of hydrogen-bond acceptors (Lipinski definition) is 4. The van der Waals surface area contributed by atoms with E-state index in [4.69, 9.17) is 4.74 Å². The van der Waals surface area contributed by atoms with Gasteiger partial charge >= 0.3 is 0 Å². The van der Waals surface area contributed by atoms with Crippen LogP contribution >= 0.6 is 0 Å². The van der Waals surface area contributed by atoms with E-state index in [1.165, 1.54) is 11.1 Å². The highest BCUT2D eigenvalue weighted by molar-refractivity contribution is 5.56. The number of hydrogen-bond donors (Lipinski definition) is 1. The number of ether oxygens (including phenoxy) is 1. The molecule has 116 valence electrons. The zero-order chi connectivity index (χ0) is 15.6. The summed E-state index contributed by atoms with van der Waals surface area (Å²) >= 11 is 0. The Morgan fingerprint density at radius 3 is 2.70 bits per heavy atom. The van der Waals surface area contributed by atoms with Gasteiger partial charge in [-0.25, -0.2) is 4.68 Å². The van der Waals surface area contributed by atoms with E-state index in [1.807, 2.05) is 30.3 Å². The largest absolute Gasteiger partial charge is 0.380 e. The zero-order valence-electron chi connectivity index (χ0n) is 12.9. The first-order valence-corrected chi connectivity index (χ1v) is 7.71. The van der Waals surface area contributed by atoms with Crippen molar-refractivity contribution in [1.29, 1.82) is 0 Å². The molecular weight excluding hydrogens is 288 g/mol. The van der Waals surface area contributed by atoms with Crippen molar-refractivity contribution in [3.8, 4) is 5.69 Å². The number of aryl methyl sites for hydroxylation is 1. The van der Waals surface area contributed by atoms with Crippen molar-refractivity contribution in [3.63, 3.8) is 0 Å². The third-order valence-electron chi connectivity index (χ3n) is 3.98. The van der Waals surface area contributed by atoms with Gasteiger partial charge in [0.1, 0.15) is 6.33 Å². The summed E-state index contributed by atoms with van der Waals surface area (Å²) in [5.74, 6) is 1.10. The summed E-state index contributed by atoms with van der Waals surface area (Å²) < 4.78 is 7.05. The lowest BCUT2D eigenvalue weighted by atomic mass is 9.95. The number of nitrogens with one attached hydrogen (secondary N) is 1. The van der Waals surface area contributed by atoms with Crippen molar-refractivity contribution in [3.05, 3.63) is 66.0 Å². The SMILES string of the molecule is Cc1cc(Nc2ncn(-c3ccccc3)n2)cc(C2COC2)c1. The van der Waals surface area contributed by atoms with E-state index < -0.39 is 0 Å². The van der Waals surface area contributed by atoms with Gasteiger partial charge in [0.05, 0.1) is 18.9 Å². The summed E-state index contributed by atoms with van der Waals surface area (Å²) in [5, 5.41) is 7.78. The van der Waals surface area contributed by atoms with Crippen molar-refractivity contribution in [1.82, 2.24) is 14.8 Å². The molecular formula is C18H18N4O. The molecule has 1 N–H and O–H groups in total. The number of nitrogens with zero attached hydrogens (tertiary/aromatic N) is 3. The number of aromatic nitrogens is 3. The minimum absolute atomic E-state index is 0.505. The van der Waals surface area contributed by atoms with Gasteiger partial charge in [-0.1, -0.05) is 24.3 Å². The van der Waals surface area contributed by atoms with E-state index in [-0.39, 0.29) is 0 Å². The first-order valence-electron chi connectivity index (χ1n) is 7.71. The summed E-state index contributed by atoms with van der Waals surface area (Å²) in [6.45, 7) is 3.72. The highest BCUT2D eigenvalue weighted by atomic mass is 16.5. The van der Waals surface area contributed by atoms with Crippen molar-refractivity contribution < 1.29 is 4.74 Å². The highest BCUT2D eigenvalue weighted by Gasteiger charge is 2.21. The summed E-state index contributed by atoms with van der Waals surface area (Å²) in [5.41, 5.74) is 4.53. The van der Waals surface area contributed by atoms with Crippen LogP contribution < -0.4 is 5.32 Å². The fourth-order valence-electron chi connectivity index (χ4n) is 2.70. The maximum Gasteiger partial charge on any atom is 0.246 e. The Morgan fingerprint density at radius 2 is 1.96 bits per heavy atom. The molecule has 1 aliphatic rings. The molecule has 1 fully saturated rings. The molecule has 0 radical (unpaired) electrons. The van der Waals surface area contributed by atoms with Gasteiger partial charge in [-0.3, -0.25) is 0 Å². The quantitative estimate of drug-likeness (QED) is 0.802. The normalized spacial score (nSPS) is 14.5. The molecule has 0 bridgehead atoms. The van der Waals surface area contributed by atoms with Crippen molar-refractivity contribution in [2.45, 2.75) is 12.8 Å².